The normalized spacial score (nSPS) is 38.9. The Labute approximate surface area is 367 Å². The molecule has 4 aliphatic heterocycles. The highest BCUT2D eigenvalue weighted by molar-refractivity contribution is 6.39. The number of methoxy groups -OCH3 is 2. The van der Waals surface area contributed by atoms with E-state index in [0.717, 1.165) is 18.4 Å². The lowest BCUT2D eigenvalue weighted by Crippen LogP contribution is -2.64. The van der Waals surface area contributed by atoms with E-state index in [-0.39, 0.29) is 61.9 Å². The van der Waals surface area contributed by atoms with Gasteiger partial charge in [0.1, 0.15) is 24.0 Å². The van der Waals surface area contributed by atoms with Crippen molar-refractivity contribution in [2.75, 3.05) is 33.9 Å². The number of rotatable bonds is 8. The predicted molar refractivity (Wildman–Crippen MR) is 228 cm³/mol. The van der Waals surface area contributed by atoms with Crippen molar-refractivity contribution in [1.82, 2.24) is 9.80 Å². The minimum absolute atomic E-state index is 0.0443. The van der Waals surface area contributed by atoms with E-state index in [9.17, 15) is 44.4 Å². The lowest BCUT2D eigenvalue weighted by atomic mass is 9.82. The molecule has 1 aliphatic carbocycles. The number of ketones is 2. The molecular weight excluding hydrogens is 801 g/mol. The summed E-state index contributed by atoms with van der Waals surface area (Å²) < 4.78 is 24.3. The minimum atomic E-state index is -2.53. The monoisotopic (exact) mass is 875 g/mol. The molecule has 0 spiro atoms. The number of likely N-dealkylation sites (tertiary alicyclic amines) is 1. The summed E-state index contributed by atoms with van der Waals surface area (Å²) >= 11 is 0. The number of allylic oxidation sites excluding steroid dienone is 3. The van der Waals surface area contributed by atoms with Gasteiger partial charge in [0.2, 0.25) is 11.7 Å². The van der Waals surface area contributed by atoms with E-state index in [4.69, 9.17) is 18.9 Å². The Balaban J connectivity index is 1.51. The van der Waals surface area contributed by atoms with Crippen molar-refractivity contribution in [2.45, 2.75) is 179 Å². The number of hydrogen-bond acceptors (Lipinski definition) is 13. The van der Waals surface area contributed by atoms with Crippen LogP contribution in [0.1, 0.15) is 125 Å². The first-order valence-corrected chi connectivity index (χ1v) is 23.1. The first-order valence-electron chi connectivity index (χ1n) is 23.1. The van der Waals surface area contributed by atoms with Crippen LogP contribution in [0, 0.1) is 29.6 Å². The van der Waals surface area contributed by atoms with Gasteiger partial charge in [-0.05, 0) is 108 Å². The van der Waals surface area contributed by atoms with E-state index in [1.807, 2.05) is 32.9 Å². The molecule has 15 heteroatoms. The largest absolute Gasteiger partial charge is 0.456 e. The van der Waals surface area contributed by atoms with E-state index in [0.29, 0.717) is 70.0 Å². The van der Waals surface area contributed by atoms with Crippen LogP contribution in [-0.4, -0.2) is 148 Å². The van der Waals surface area contributed by atoms with Gasteiger partial charge in [-0.25, -0.2) is 4.79 Å². The topological polar surface area (TPSA) is 210 Å². The van der Waals surface area contributed by atoms with Gasteiger partial charge in [0.25, 0.3) is 11.7 Å². The zero-order valence-corrected chi connectivity index (χ0v) is 38.0. The zero-order valence-electron chi connectivity index (χ0n) is 38.0. The fourth-order valence-corrected chi connectivity index (χ4v) is 10.3. The standard InChI is InChI=1S/C47H74N2O13/c1-27-19-28(2)21-39(59-6)43-40(60-7)23-30(4)47(58,62-43)44(55)45(56)49-18-9-8-12-36(49)46(57)61-42(29(3)22-32-14-16-34(50)17-15-32)31(5)37(52)24-38(53)33(20-27)11-10-13-41(54)48-25-35(51)26-48/h20,22,28,30-37,39-40,42-43,50-52,58H,8-19,21,23-26H2,1-7H3/b27-20+,29-22+/t28-,30+,31+,32?,33+,34?,36-,37-,39-,40-,42+,43+,47+/m0/s1. The molecule has 0 aromatic rings. The fourth-order valence-electron chi connectivity index (χ4n) is 10.3. The third-order valence-electron chi connectivity index (χ3n) is 14.2. The molecular formula is C47H74N2O13. The maximum absolute atomic E-state index is 14.4. The van der Waals surface area contributed by atoms with Crippen LogP contribution >= 0.6 is 0 Å². The number of hydrogen-bond donors (Lipinski definition) is 4. The number of β-amino-alcohol motifs (C(OH)–C–C–N with tert-alkyl or cyclic N) is 1. The second-order valence-electron chi connectivity index (χ2n) is 19.2. The summed E-state index contributed by atoms with van der Waals surface area (Å²) in [6, 6.07) is -1.15. The summed E-state index contributed by atoms with van der Waals surface area (Å²) in [5.74, 6) is -8.01. The third-order valence-corrected chi connectivity index (χ3v) is 14.2. The number of carbonyl (C=O) groups excluding carboxylic acids is 5. The number of amides is 2. The Morgan fingerprint density at radius 2 is 1.58 bits per heavy atom. The fraction of sp³-hybridized carbons (Fsp3) is 0.809. The molecule has 4 heterocycles. The molecule has 3 saturated heterocycles. The number of Topliss-reactive ketones (excluding diaryl/α,β-unsaturated/α-hetero) is 2. The van der Waals surface area contributed by atoms with Crippen LogP contribution in [0.25, 0.3) is 0 Å². The van der Waals surface area contributed by atoms with Crippen molar-refractivity contribution in [2.24, 2.45) is 29.6 Å². The van der Waals surface area contributed by atoms with Gasteiger partial charge in [0.15, 0.2) is 0 Å². The van der Waals surface area contributed by atoms with E-state index < -0.39 is 83.9 Å². The van der Waals surface area contributed by atoms with E-state index >= 15 is 0 Å². The molecule has 0 aromatic carbocycles. The number of cyclic esters (lactones) is 1. The molecule has 4 fully saturated rings. The summed E-state index contributed by atoms with van der Waals surface area (Å²) in [5, 5.41) is 43.8. The van der Waals surface area contributed by atoms with Crippen molar-refractivity contribution >= 4 is 29.4 Å². The van der Waals surface area contributed by atoms with Crippen molar-refractivity contribution in [3.63, 3.8) is 0 Å². The smallest absolute Gasteiger partial charge is 0.329 e. The summed E-state index contributed by atoms with van der Waals surface area (Å²) in [4.78, 5) is 72.8. The van der Waals surface area contributed by atoms with E-state index in [1.54, 1.807) is 18.7 Å². The van der Waals surface area contributed by atoms with Gasteiger partial charge in [0.05, 0.1) is 30.5 Å². The molecule has 0 aromatic heterocycles. The van der Waals surface area contributed by atoms with Gasteiger partial charge in [-0.1, -0.05) is 38.5 Å². The molecule has 62 heavy (non-hydrogen) atoms. The van der Waals surface area contributed by atoms with Gasteiger partial charge in [-0.2, -0.15) is 0 Å². The highest BCUT2D eigenvalue weighted by atomic mass is 16.7. The average Bonchev–Trinajstić information content (AvgIpc) is 3.23. The molecule has 5 aliphatic rings. The predicted octanol–water partition coefficient (Wildman–Crippen LogP) is 3.81. The molecule has 350 valence electrons. The van der Waals surface area contributed by atoms with Crippen molar-refractivity contribution in [3.05, 3.63) is 23.3 Å². The van der Waals surface area contributed by atoms with Crippen LogP contribution in [0.3, 0.4) is 0 Å². The maximum Gasteiger partial charge on any atom is 0.329 e. The lowest BCUT2D eigenvalue weighted by molar-refractivity contribution is -0.302. The lowest BCUT2D eigenvalue weighted by Gasteiger charge is -2.47. The summed E-state index contributed by atoms with van der Waals surface area (Å²) in [5.41, 5.74) is 1.58. The minimum Gasteiger partial charge on any atom is -0.456 e. The van der Waals surface area contributed by atoms with Crippen LogP contribution in [0.4, 0.5) is 0 Å². The number of carbonyl (C=O) groups is 5. The highest BCUT2D eigenvalue weighted by Crippen LogP contribution is 2.39. The third kappa shape index (κ3) is 12.2. The molecule has 2 amide bonds. The second-order valence-corrected chi connectivity index (χ2v) is 19.2. The van der Waals surface area contributed by atoms with Gasteiger partial charge in [0, 0.05) is 64.4 Å². The Bertz CT molecular complexity index is 1640. The number of ether oxygens (including phenoxy) is 4. The molecule has 2 bridgehead atoms. The Kier molecular flexibility index (Phi) is 17.9. The molecule has 0 unspecified atom stereocenters. The number of fused-ring (bicyclic) bond motifs is 3. The number of aliphatic hydroxyl groups excluding tert-OH is 3. The summed E-state index contributed by atoms with van der Waals surface area (Å²) in [6.45, 7) is 9.80. The maximum atomic E-state index is 14.4. The van der Waals surface area contributed by atoms with Crippen molar-refractivity contribution in [3.8, 4) is 0 Å². The number of aliphatic hydroxyl groups is 4. The molecule has 0 radical (unpaired) electrons. The van der Waals surface area contributed by atoms with Crippen LogP contribution in [0.2, 0.25) is 0 Å². The van der Waals surface area contributed by atoms with Gasteiger partial charge in [-0.3, -0.25) is 19.2 Å². The van der Waals surface area contributed by atoms with Crippen LogP contribution in [-0.2, 0) is 42.9 Å². The number of piperidine rings is 1. The summed E-state index contributed by atoms with van der Waals surface area (Å²) in [7, 11) is 3.03. The summed E-state index contributed by atoms with van der Waals surface area (Å²) in [6.07, 6.45) is 4.58. The van der Waals surface area contributed by atoms with Crippen molar-refractivity contribution < 1.29 is 63.3 Å². The van der Waals surface area contributed by atoms with E-state index in [2.05, 4.69) is 0 Å². The van der Waals surface area contributed by atoms with Crippen LogP contribution < -0.4 is 0 Å². The molecule has 4 N–H and O–H groups in total. The highest BCUT2D eigenvalue weighted by Gasteiger charge is 2.56. The first kappa shape index (κ1) is 50.0. The van der Waals surface area contributed by atoms with Gasteiger partial charge < -0.3 is 49.2 Å². The van der Waals surface area contributed by atoms with Crippen molar-refractivity contribution in [1.29, 1.82) is 0 Å². The number of nitrogens with zero attached hydrogens (tertiary/aromatic N) is 2. The van der Waals surface area contributed by atoms with Gasteiger partial charge >= 0.3 is 5.97 Å². The molecule has 1 saturated carbocycles. The molecule has 5 rings (SSSR count). The van der Waals surface area contributed by atoms with Gasteiger partial charge in [-0.15, -0.1) is 0 Å². The average molecular weight is 875 g/mol. The first-order chi connectivity index (χ1) is 29.4. The Morgan fingerprint density at radius 1 is 0.919 bits per heavy atom. The Hall–Kier alpha value is -3.05. The molecule has 15 nitrogen and oxygen atoms in total. The second kappa shape index (κ2) is 22.2. The quantitative estimate of drug-likeness (QED) is 0.156. The SMILES string of the molecule is CO[C@H]1C[C@@H](C)C/C(C)=C/[C@@H](CCCC(=O)N2CC(O)C2)C(=O)C[C@H](O)[C@@H](C)[C@@H](/C(C)=C/C2CCC(O)CC2)OC(=O)[C@@H]2CCCCN2C(=O)C(=O)[C@]2(O)O[C@H]1[C@@H](OC)C[C@H]2C. The van der Waals surface area contributed by atoms with E-state index in [1.165, 1.54) is 19.1 Å². The zero-order chi connectivity index (χ0) is 45.5. The van der Waals surface area contributed by atoms with Crippen LogP contribution in [0.15, 0.2) is 23.3 Å². The Morgan fingerprint density at radius 3 is 2.23 bits per heavy atom. The molecule has 11 atom stereocenters. The van der Waals surface area contributed by atoms with Crippen LogP contribution in [0.5, 0.6) is 0 Å². The number of esters is 1.